The van der Waals surface area contributed by atoms with Crippen LogP contribution >= 0.6 is 0 Å². The van der Waals surface area contributed by atoms with E-state index in [-0.39, 0.29) is 23.8 Å². The van der Waals surface area contributed by atoms with E-state index in [4.69, 9.17) is 0 Å². The van der Waals surface area contributed by atoms with Crippen LogP contribution in [0.15, 0.2) is 60.7 Å². The van der Waals surface area contributed by atoms with Gasteiger partial charge < -0.3 is 9.69 Å². The molecule has 0 aliphatic heterocycles. The normalized spacial score (nSPS) is 23.4. The molecule has 3 rings (SSSR count). The lowest BCUT2D eigenvalue weighted by molar-refractivity contribution is -0.111. The first-order valence-electron chi connectivity index (χ1n) is 8.03. The summed E-state index contributed by atoms with van der Waals surface area (Å²) < 4.78 is 0. The molecule has 118 valence electrons. The smallest absolute Gasteiger partial charge is 0.253 e. The monoisotopic (exact) mass is 307 g/mol. The first-order chi connectivity index (χ1) is 11.2. The van der Waals surface area contributed by atoms with Gasteiger partial charge in [-0.3, -0.25) is 4.79 Å². The predicted molar refractivity (Wildman–Crippen MR) is 90.3 cm³/mol. The van der Waals surface area contributed by atoms with Gasteiger partial charge in [0, 0.05) is 24.6 Å². The van der Waals surface area contributed by atoms with Gasteiger partial charge in [0.1, 0.15) is 6.29 Å². The molecule has 1 aliphatic rings. The van der Waals surface area contributed by atoms with E-state index in [1.807, 2.05) is 55.6 Å². The molecule has 2 aromatic carbocycles. The van der Waals surface area contributed by atoms with Crippen molar-refractivity contribution in [1.29, 1.82) is 0 Å². The molecule has 0 heterocycles. The molecule has 3 nitrogen and oxygen atoms in total. The number of hydrogen-bond donors (Lipinski definition) is 0. The third kappa shape index (κ3) is 3.19. The molecule has 3 heteroatoms. The largest absolute Gasteiger partial charge is 0.339 e. The van der Waals surface area contributed by atoms with Crippen molar-refractivity contribution in [2.24, 2.45) is 5.92 Å². The molecule has 3 atom stereocenters. The average Bonchev–Trinajstić information content (AvgIpc) is 3.06. The quantitative estimate of drug-likeness (QED) is 0.811. The molecular formula is C20H21NO2. The zero-order valence-electron chi connectivity index (χ0n) is 13.3. The maximum absolute atomic E-state index is 12.6. The minimum atomic E-state index is -0.0200. The Bertz CT molecular complexity index is 669. The lowest BCUT2D eigenvalue weighted by atomic mass is 9.90. The molecule has 1 aliphatic carbocycles. The van der Waals surface area contributed by atoms with Crippen LogP contribution in [0.5, 0.6) is 0 Å². The standard InChI is InChI=1S/C20H21NO2/c1-21(20(23)16-10-6-3-7-11-16)18-12-17(14-22)19(13-18)15-8-4-2-5-9-15/h2-11,14,17-19H,12-13H2,1H3. The Kier molecular flexibility index (Phi) is 4.56. The van der Waals surface area contributed by atoms with Crippen molar-refractivity contribution >= 4 is 12.2 Å². The summed E-state index contributed by atoms with van der Waals surface area (Å²) in [6.45, 7) is 0. The zero-order valence-corrected chi connectivity index (χ0v) is 13.3. The molecule has 1 amide bonds. The third-order valence-corrected chi connectivity index (χ3v) is 4.88. The second kappa shape index (κ2) is 6.78. The molecule has 23 heavy (non-hydrogen) atoms. The maximum atomic E-state index is 12.6. The molecule has 2 aromatic rings. The number of carbonyl (C=O) groups excluding carboxylic acids is 2. The van der Waals surface area contributed by atoms with Crippen LogP contribution in [-0.2, 0) is 4.79 Å². The number of hydrogen-bond acceptors (Lipinski definition) is 2. The first kappa shape index (κ1) is 15.5. The van der Waals surface area contributed by atoms with Crippen LogP contribution in [0.4, 0.5) is 0 Å². The summed E-state index contributed by atoms with van der Waals surface area (Å²) in [6, 6.07) is 19.5. The van der Waals surface area contributed by atoms with Crippen molar-refractivity contribution in [2.75, 3.05) is 7.05 Å². The van der Waals surface area contributed by atoms with Gasteiger partial charge >= 0.3 is 0 Å². The van der Waals surface area contributed by atoms with Crippen LogP contribution < -0.4 is 0 Å². The van der Waals surface area contributed by atoms with Gasteiger partial charge in [-0.15, -0.1) is 0 Å². The Balaban J connectivity index is 1.77. The van der Waals surface area contributed by atoms with Crippen molar-refractivity contribution in [3.8, 4) is 0 Å². The van der Waals surface area contributed by atoms with E-state index < -0.39 is 0 Å². The SMILES string of the molecule is CN(C(=O)c1ccccc1)C1CC(C=O)C(c2ccccc2)C1. The molecule has 0 aromatic heterocycles. The van der Waals surface area contributed by atoms with Crippen molar-refractivity contribution in [3.63, 3.8) is 0 Å². The van der Waals surface area contributed by atoms with Crippen LogP contribution in [0.3, 0.4) is 0 Å². The fourth-order valence-electron chi connectivity index (χ4n) is 3.54. The van der Waals surface area contributed by atoms with Gasteiger partial charge in [-0.1, -0.05) is 48.5 Å². The van der Waals surface area contributed by atoms with Crippen LogP contribution in [-0.4, -0.2) is 30.2 Å². The van der Waals surface area contributed by atoms with Gasteiger partial charge in [0.15, 0.2) is 0 Å². The van der Waals surface area contributed by atoms with E-state index >= 15 is 0 Å². The third-order valence-electron chi connectivity index (χ3n) is 4.88. The zero-order chi connectivity index (χ0) is 16.2. The van der Waals surface area contributed by atoms with Crippen LogP contribution in [0.25, 0.3) is 0 Å². The first-order valence-corrected chi connectivity index (χ1v) is 8.03. The predicted octanol–water partition coefficient (Wildman–Crippen LogP) is 3.52. The minimum absolute atomic E-state index is 0.0200. The molecule has 1 saturated carbocycles. The molecule has 0 bridgehead atoms. The number of aldehydes is 1. The molecule has 0 saturated heterocycles. The van der Waals surface area contributed by atoms with E-state index in [0.29, 0.717) is 5.56 Å². The summed E-state index contributed by atoms with van der Waals surface area (Å²) in [5, 5.41) is 0. The summed E-state index contributed by atoms with van der Waals surface area (Å²) in [6.07, 6.45) is 2.62. The highest BCUT2D eigenvalue weighted by Crippen LogP contribution is 2.40. The van der Waals surface area contributed by atoms with Crippen LogP contribution in [0.2, 0.25) is 0 Å². The van der Waals surface area contributed by atoms with Crippen molar-refractivity contribution in [1.82, 2.24) is 4.90 Å². The second-order valence-corrected chi connectivity index (χ2v) is 6.22. The van der Waals surface area contributed by atoms with Gasteiger partial charge in [-0.05, 0) is 36.5 Å². The number of amides is 1. The van der Waals surface area contributed by atoms with Gasteiger partial charge in [-0.2, -0.15) is 0 Å². The molecule has 0 N–H and O–H groups in total. The highest BCUT2D eigenvalue weighted by molar-refractivity contribution is 5.94. The van der Waals surface area contributed by atoms with Gasteiger partial charge in [-0.25, -0.2) is 0 Å². The fourth-order valence-corrected chi connectivity index (χ4v) is 3.54. The van der Waals surface area contributed by atoms with E-state index in [2.05, 4.69) is 12.1 Å². The number of rotatable bonds is 4. The van der Waals surface area contributed by atoms with E-state index in [9.17, 15) is 9.59 Å². The molecule has 3 unspecified atom stereocenters. The highest BCUT2D eigenvalue weighted by atomic mass is 16.2. The van der Waals surface area contributed by atoms with Crippen molar-refractivity contribution < 1.29 is 9.59 Å². The van der Waals surface area contributed by atoms with Crippen LogP contribution in [0, 0.1) is 5.92 Å². The van der Waals surface area contributed by atoms with E-state index in [1.54, 1.807) is 4.90 Å². The lowest BCUT2D eigenvalue weighted by Crippen LogP contribution is -2.35. The summed E-state index contributed by atoms with van der Waals surface area (Å²) in [5.41, 5.74) is 1.88. The Morgan fingerprint density at radius 2 is 1.61 bits per heavy atom. The number of benzene rings is 2. The second-order valence-electron chi connectivity index (χ2n) is 6.22. The van der Waals surface area contributed by atoms with E-state index in [0.717, 1.165) is 19.1 Å². The summed E-state index contributed by atoms with van der Waals surface area (Å²) >= 11 is 0. The number of carbonyl (C=O) groups is 2. The number of nitrogens with zero attached hydrogens (tertiary/aromatic N) is 1. The van der Waals surface area contributed by atoms with Crippen molar-refractivity contribution in [2.45, 2.75) is 24.8 Å². The molecular weight excluding hydrogens is 286 g/mol. The minimum Gasteiger partial charge on any atom is -0.339 e. The fraction of sp³-hybridized carbons (Fsp3) is 0.300. The van der Waals surface area contributed by atoms with E-state index in [1.165, 1.54) is 5.56 Å². The topological polar surface area (TPSA) is 37.4 Å². The lowest BCUT2D eigenvalue weighted by Gasteiger charge is -2.25. The van der Waals surface area contributed by atoms with Crippen LogP contribution in [0.1, 0.15) is 34.7 Å². The highest BCUT2D eigenvalue weighted by Gasteiger charge is 2.38. The Morgan fingerprint density at radius 1 is 1.00 bits per heavy atom. The maximum Gasteiger partial charge on any atom is 0.253 e. The average molecular weight is 307 g/mol. The molecule has 1 fully saturated rings. The van der Waals surface area contributed by atoms with Gasteiger partial charge in [0.05, 0.1) is 0 Å². The van der Waals surface area contributed by atoms with Gasteiger partial charge in [0.25, 0.3) is 5.91 Å². The Labute approximate surface area is 136 Å². The Hall–Kier alpha value is -2.42. The molecule has 0 radical (unpaired) electrons. The summed E-state index contributed by atoms with van der Waals surface area (Å²) in [7, 11) is 1.84. The summed E-state index contributed by atoms with van der Waals surface area (Å²) in [4.78, 5) is 25.9. The molecule has 0 spiro atoms. The summed E-state index contributed by atoms with van der Waals surface area (Å²) in [5.74, 6) is 0.201. The Morgan fingerprint density at radius 3 is 2.22 bits per heavy atom. The van der Waals surface area contributed by atoms with Crippen molar-refractivity contribution in [3.05, 3.63) is 71.8 Å². The van der Waals surface area contributed by atoms with Gasteiger partial charge in [0.2, 0.25) is 0 Å².